The van der Waals surface area contributed by atoms with Crippen molar-refractivity contribution in [2.75, 3.05) is 13.2 Å². The Balaban J connectivity index is 0.00000242. The fraction of sp³-hybridized carbons (Fsp3) is 0.333. The summed E-state index contributed by atoms with van der Waals surface area (Å²) in [7, 11) is -2.31. The van der Waals surface area contributed by atoms with Crippen LogP contribution < -0.4 is 28.5 Å². The van der Waals surface area contributed by atoms with Crippen LogP contribution in [0, 0.1) is 0 Å². The Morgan fingerprint density at radius 2 is 1.27 bits per heavy atom. The van der Waals surface area contributed by atoms with Gasteiger partial charge in [0, 0.05) is 0 Å². The normalized spacial score (nSPS) is 11.8. The van der Waals surface area contributed by atoms with Crippen molar-refractivity contribution >= 4 is 18.7 Å². The van der Waals surface area contributed by atoms with Crippen molar-refractivity contribution in [2.45, 2.75) is 25.8 Å². The van der Waals surface area contributed by atoms with Gasteiger partial charge < -0.3 is 22.6 Å². The minimum absolute atomic E-state index is 0. The van der Waals surface area contributed by atoms with E-state index in [1.165, 1.54) is 10.4 Å². The molecule has 2 aromatic carbocycles. The summed E-state index contributed by atoms with van der Waals surface area (Å²) in [6.07, 6.45) is 0. The van der Waals surface area contributed by atoms with Gasteiger partial charge in [-0.05, 0) is 15.4 Å². The second-order valence-electron chi connectivity index (χ2n) is 6.37. The number of quaternary nitrogens is 1. The summed E-state index contributed by atoms with van der Waals surface area (Å²) in [5, 5.41) is 2.72. The fourth-order valence-electron chi connectivity index (χ4n) is 2.99. The van der Waals surface area contributed by atoms with E-state index in [1.54, 1.807) is 0 Å². The van der Waals surface area contributed by atoms with Crippen LogP contribution in [0.4, 0.5) is 0 Å². The minimum atomic E-state index is -2.31. The van der Waals surface area contributed by atoms with E-state index in [0.29, 0.717) is 6.61 Å². The molecule has 4 heteroatoms. The Hall–Kier alpha value is -1.13. The highest BCUT2D eigenvalue weighted by Gasteiger charge is 2.49. The van der Waals surface area contributed by atoms with Gasteiger partial charge in [0.1, 0.15) is 0 Å². The second-order valence-corrected chi connectivity index (χ2v) is 10.7. The fourth-order valence-corrected chi connectivity index (χ4v) is 7.59. The van der Waals surface area contributed by atoms with Crippen molar-refractivity contribution in [3.63, 3.8) is 0 Å². The van der Waals surface area contributed by atoms with Gasteiger partial charge in [-0.2, -0.15) is 0 Å². The van der Waals surface area contributed by atoms with E-state index >= 15 is 0 Å². The molecule has 0 aliphatic carbocycles. The van der Waals surface area contributed by atoms with Gasteiger partial charge in [-0.1, -0.05) is 81.4 Å². The van der Waals surface area contributed by atoms with Crippen LogP contribution in [-0.4, -0.2) is 21.5 Å². The van der Waals surface area contributed by atoms with E-state index in [9.17, 15) is 0 Å². The van der Waals surface area contributed by atoms with Gasteiger partial charge in [0.15, 0.2) is 0 Å². The number of hydrogen-bond acceptors (Lipinski definition) is 1. The van der Waals surface area contributed by atoms with E-state index in [-0.39, 0.29) is 17.4 Å². The summed E-state index contributed by atoms with van der Waals surface area (Å²) < 4.78 is 6.59. The first-order chi connectivity index (χ1) is 10.0. The van der Waals surface area contributed by atoms with Crippen LogP contribution in [0.25, 0.3) is 0 Å². The third-order valence-electron chi connectivity index (χ3n) is 3.88. The van der Waals surface area contributed by atoms with Gasteiger partial charge in [-0.25, -0.2) is 0 Å². The Bertz CT molecular complexity index is 515. The van der Waals surface area contributed by atoms with Crippen LogP contribution in [0.15, 0.2) is 60.7 Å². The van der Waals surface area contributed by atoms with E-state index in [1.807, 2.05) is 0 Å². The van der Waals surface area contributed by atoms with Crippen molar-refractivity contribution in [3.05, 3.63) is 60.7 Å². The molecule has 0 saturated heterocycles. The van der Waals surface area contributed by atoms with Gasteiger partial charge >= 0.3 is 0 Å². The van der Waals surface area contributed by atoms with Gasteiger partial charge in [-0.3, -0.25) is 0 Å². The zero-order chi connectivity index (χ0) is 15.3. The zero-order valence-electron chi connectivity index (χ0n) is 13.7. The lowest BCUT2D eigenvalue weighted by Crippen LogP contribution is -3.00. The van der Waals surface area contributed by atoms with Gasteiger partial charge in [0.25, 0.3) is 8.32 Å². The molecule has 0 saturated carbocycles. The van der Waals surface area contributed by atoms with E-state index < -0.39 is 8.32 Å². The summed E-state index contributed by atoms with van der Waals surface area (Å²) in [5.74, 6) is 0. The van der Waals surface area contributed by atoms with Crippen LogP contribution in [0.2, 0.25) is 5.04 Å². The van der Waals surface area contributed by atoms with Crippen molar-refractivity contribution in [1.82, 2.24) is 0 Å². The first-order valence-electron chi connectivity index (χ1n) is 7.56. The molecule has 2 nitrogen and oxygen atoms in total. The molecular formula is C18H26ClNOSi. The Kier molecular flexibility index (Phi) is 6.82. The zero-order valence-corrected chi connectivity index (χ0v) is 15.4. The summed E-state index contributed by atoms with van der Waals surface area (Å²) in [6.45, 7) is 8.38. The molecule has 0 amide bonds. The van der Waals surface area contributed by atoms with E-state index in [0.717, 1.165) is 6.54 Å². The Labute approximate surface area is 141 Å². The first kappa shape index (κ1) is 18.9. The quantitative estimate of drug-likeness (QED) is 0.685. The molecule has 0 radical (unpaired) electrons. The topological polar surface area (TPSA) is 36.9 Å². The standard InChI is InChI=1S/C18H25NOSi.ClH/c1-18(2,3)21(20-15-14-19,16-10-6-4-7-11-16)17-12-8-5-9-13-17;/h4-13H,14-15,19H2,1-3H3;1H. The lowest BCUT2D eigenvalue weighted by atomic mass is 10.2. The highest BCUT2D eigenvalue weighted by atomic mass is 35.5. The van der Waals surface area contributed by atoms with Crippen molar-refractivity contribution in [3.8, 4) is 0 Å². The van der Waals surface area contributed by atoms with Gasteiger partial charge in [0.2, 0.25) is 0 Å². The molecule has 2 rings (SSSR count). The largest absolute Gasteiger partial charge is 1.00 e. The molecule has 2 aromatic rings. The highest BCUT2D eigenvalue weighted by molar-refractivity contribution is 6.99. The number of hydrogen-bond donors (Lipinski definition) is 1. The molecule has 3 N–H and O–H groups in total. The third kappa shape index (κ3) is 3.61. The molecule has 0 unspecified atom stereocenters. The summed E-state index contributed by atoms with van der Waals surface area (Å²) in [6, 6.07) is 21.4. The average Bonchev–Trinajstić information content (AvgIpc) is 2.49. The monoisotopic (exact) mass is 335 g/mol. The summed E-state index contributed by atoms with van der Waals surface area (Å²) in [4.78, 5) is 0. The van der Waals surface area contributed by atoms with Crippen LogP contribution >= 0.6 is 0 Å². The molecule has 0 fully saturated rings. The number of benzene rings is 2. The molecule has 0 aliphatic heterocycles. The molecular weight excluding hydrogens is 310 g/mol. The van der Waals surface area contributed by atoms with Crippen LogP contribution in [0.3, 0.4) is 0 Å². The molecule has 0 bridgehead atoms. The van der Waals surface area contributed by atoms with Crippen molar-refractivity contribution < 1.29 is 22.6 Å². The molecule has 0 atom stereocenters. The Morgan fingerprint density at radius 3 is 1.59 bits per heavy atom. The molecule has 0 heterocycles. The Morgan fingerprint density at radius 1 is 0.864 bits per heavy atom. The summed E-state index contributed by atoms with van der Waals surface area (Å²) in [5.41, 5.74) is 3.96. The third-order valence-corrected chi connectivity index (χ3v) is 8.92. The van der Waals surface area contributed by atoms with Gasteiger partial charge in [-0.15, -0.1) is 0 Å². The highest BCUT2D eigenvalue weighted by Crippen LogP contribution is 2.36. The van der Waals surface area contributed by atoms with Crippen LogP contribution in [0.1, 0.15) is 20.8 Å². The SMILES string of the molecule is CC(C)(C)[Si](OCC[NH3+])(c1ccccc1)c1ccccc1.[Cl-]. The smallest absolute Gasteiger partial charge is 0.261 e. The maximum atomic E-state index is 6.59. The van der Waals surface area contributed by atoms with E-state index in [4.69, 9.17) is 4.43 Å². The average molecular weight is 336 g/mol. The van der Waals surface area contributed by atoms with Crippen molar-refractivity contribution in [2.24, 2.45) is 0 Å². The van der Waals surface area contributed by atoms with Crippen LogP contribution in [0.5, 0.6) is 0 Å². The minimum Gasteiger partial charge on any atom is -1.00 e. The summed E-state index contributed by atoms with van der Waals surface area (Å²) >= 11 is 0. The maximum Gasteiger partial charge on any atom is 0.261 e. The van der Waals surface area contributed by atoms with E-state index in [2.05, 4.69) is 87.2 Å². The molecule has 0 aliphatic rings. The predicted octanol–water partition coefficient (Wildman–Crippen LogP) is -1.19. The first-order valence-corrected chi connectivity index (χ1v) is 9.47. The molecule has 0 spiro atoms. The molecule has 0 aromatic heterocycles. The lowest BCUT2D eigenvalue weighted by Gasteiger charge is -2.42. The number of halogens is 1. The van der Waals surface area contributed by atoms with Gasteiger partial charge in [0.05, 0.1) is 13.2 Å². The molecule has 22 heavy (non-hydrogen) atoms. The maximum absolute atomic E-state index is 6.59. The predicted molar refractivity (Wildman–Crippen MR) is 91.3 cm³/mol. The number of rotatable bonds is 5. The lowest BCUT2D eigenvalue weighted by molar-refractivity contribution is -0.371. The van der Waals surface area contributed by atoms with Crippen molar-refractivity contribution in [1.29, 1.82) is 0 Å². The van der Waals surface area contributed by atoms with Crippen LogP contribution in [-0.2, 0) is 4.43 Å². The molecule has 120 valence electrons. The second kappa shape index (κ2) is 7.93.